The number of hydrogen-bond acceptors (Lipinski definition) is 11. The molecule has 0 radical (unpaired) electrons. The molecule has 0 atom stereocenters. The zero-order chi connectivity index (χ0) is 34.0. The average Bonchev–Trinajstić information content (AvgIpc) is 3.38. The van der Waals surface area contributed by atoms with E-state index in [1.807, 2.05) is 0 Å². The Morgan fingerprint density at radius 1 is 0.468 bits per heavy atom. The number of carbonyl (C=O) groups excluding carboxylic acids is 4. The van der Waals surface area contributed by atoms with Crippen molar-refractivity contribution < 1.29 is 49.3 Å². The minimum absolute atomic E-state index is 0.00562. The van der Waals surface area contributed by atoms with Crippen molar-refractivity contribution in [1.29, 1.82) is 0 Å². The summed E-state index contributed by atoms with van der Waals surface area (Å²) >= 11 is 23.6. The molecule has 0 bridgehead atoms. The van der Waals surface area contributed by atoms with Crippen LogP contribution in [0.1, 0.15) is 41.4 Å². The van der Waals surface area contributed by atoms with E-state index in [1.165, 1.54) is 48.5 Å². The standard InChI is InChI=1S/C28H12Cl4N2O11S2/c29-13-1-7-21(31)23(9-13)46(39,40)44-33-25(35)17-5-3-15(11-19(17)27(33)37)43-16-4-6-18-20(12-16)28(38)34(26(18)36)45-47(41,42)24-10-14(30)2-8-22(24)32/h1-12H. The van der Waals surface area contributed by atoms with Crippen LogP contribution in [0, 0.1) is 0 Å². The van der Waals surface area contributed by atoms with Crippen LogP contribution in [0.5, 0.6) is 11.5 Å². The minimum atomic E-state index is -4.78. The van der Waals surface area contributed by atoms with Crippen molar-refractivity contribution >= 4 is 90.3 Å². The molecule has 0 unspecified atom stereocenters. The summed E-state index contributed by atoms with van der Waals surface area (Å²) in [5, 5.41) is -0.437. The maximum atomic E-state index is 13.0. The molecule has 4 amide bonds. The highest BCUT2D eigenvalue weighted by molar-refractivity contribution is 7.87. The van der Waals surface area contributed by atoms with Crippen LogP contribution in [0.2, 0.25) is 20.1 Å². The number of hydroxylamine groups is 4. The molecule has 0 N–H and O–H groups in total. The fourth-order valence-corrected chi connectivity index (χ4v) is 7.66. The van der Waals surface area contributed by atoms with E-state index in [2.05, 4.69) is 0 Å². The Hall–Kier alpha value is -4.06. The summed E-state index contributed by atoms with van der Waals surface area (Å²) in [5.41, 5.74) is -0.981. The lowest BCUT2D eigenvalue weighted by Gasteiger charge is -2.13. The first-order valence-corrected chi connectivity index (χ1v) is 16.9. The maximum Gasteiger partial charge on any atom is 0.319 e. The van der Waals surface area contributed by atoms with Crippen LogP contribution < -0.4 is 4.74 Å². The molecule has 0 saturated heterocycles. The number of amides is 4. The first-order valence-electron chi connectivity index (χ1n) is 12.6. The number of carbonyl (C=O) groups is 4. The number of rotatable bonds is 8. The molecule has 4 aromatic rings. The molecule has 0 fully saturated rings. The Labute approximate surface area is 284 Å². The van der Waals surface area contributed by atoms with E-state index in [-0.39, 0.29) is 64.0 Å². The van der Waals surface area contributed by atoms with E-state index in [0.717, 1.165) is 24.3 Å². The Morgan fingerprint density at radius 3 is 1.21 bits per heavy atom. The average molecular weight is 758 g/mol. The maximum absolute atomic E-state index is 13.0. The first-order chi connectivity index (χ1) is 22.1. The quantitative estimate of drug-likeness (QED) is 0.195. The van der Waals surface area contributed by atoms with Crippen molar-refractivity contribution in [3.05, 3.63) is 115 Å². The van der Waals surface area contributed by atoms with Crippen molar-refractivity contribution in [2.24, 2.45) is 0 Å². The van der Waals surface area contributed by atoms with Gasteiger partial charge in [-0.3, -0.25) is 19.2 Å². The van der Waals surface area contributed by atoms with Gasteiger partial charge in [0.05, 0.1) is 32.3 Å². The molecule has 240 valence electrons. The third-order valence-electron chi connectivity index (χ3n) is 6.55. The van der Waals surface area contributed by atoms with Crippen molar-refractivity contribution in [2.45, 2.75) is 9.79 Å². The van der Waals surface area contributed by atoms with Crippen molar-refractivity contribution in [1.82, 2.24) is 10.1 Å². The van der Waals surface area contributed by atoms with Gasteiger partial charge in [0, 0.05) is 10.0 Å². The zero-order valence-corrected chi connectivity index (χ0v) is 27.3. The second kappa shape index (κ2) is 11.9. The number of fused-ring (bicyclic) bond motifs is 2. The van der Waals surface area contributed by atoms with Gasteiger partial charge in [0.2, 0.25) is 0 Å². The second-order valence-corrected chi connectivity index (χ2v) is 14.2. The van der Waals surface area contributed by atoms with Gasteiger partial charge in [-0.05, 0) is 72.8 Å². The van der Waals surface area contributed by atoms with Crippen molar-refractivity contribution in [3.8, 4) is 11.5 Å². The van der Waals surface area contributed by atoms with Crippen LogP contribution in [-0.2, 0) is 28.8 Å². The van der Waals surface area contributed by atoms with Crippen LogP contribution in [0.3, 0.4) is 0 Å². The summed E-state index contributed by atoms with van der Waals surface area (Å²) in [5.74, 6) is -4.55. The Morgan fingerprint density at radius 2 is 0.830 bits per heavy atom. The van der Waals surface area contributed by atoms with E-state index in [0.29, 0.717) is 0 Å². The molecule has 2 aliphatic heterocycles. The van der Waals surface area contributed by atoms with Gasteiger partial charge in [-0.25, -0.2) is 0 Å². The summed E-state index contributed by atoms with van der Waals surface area (Å²) in [6, 6.07) is 14.1. The SMILES string of the molecule is O=C1c2ccc(Oc3ccc4c(c3)C(=O)N(OS(=O)(=O)c3cc(Cl)ccc3Cl)C4=O)cc2C(=O)N1OS(=O)(=O)c1cc(Cl)ccc1Cl. The fraction of sp³-hybridized carbons (Fsp3) is 0. The summed E-state index contributed by atoms with van der Waals surface area (Å²) in [6.45, 7) is 0. The fourth-order valence-electron chi connectivity index (χ4n) is 4.41. The van der Waals surface area contributed by atoms with Crippen LogP contribution in [0.15, 0.2) is 82.6 Å². The molecule has 6 rings (SSSR count). The van der Waals surface area contributed by atoms with E-state index in [9.17, 15) is 36.0 Å². The van der Waals surface area contributed by atoms with Crippen molar-refractivity contribution in [3.63, 3.8) is 0 Å². The molecule has 47 heavy (non-hydrogen) atoms. The molecular formula is C28H12Cl4N2O11S2. The largest absolute Gasteiger partial charge is 0.457 e. The first kappa shape index (κ1) is 32.9. The molecule has 0 saturated carbocycles. The highest BCUT2D eigenvalue weighted by Gasteiger charge is 2.42. The topological polar surface area (TPSA) is 171 Å². The number of hydrogen-bond donors (Lipinski definition) is 0. The number of halogens is 4. The van der Waals surface area contributed by atoms with Gasteiger partial charge >= 0.3 is 20.2 Å². The third kappa shape index (κ3) is 5.96. The number of imide groups is 2. The van der Waals surface area contributed by atoms with Gasteiger partial charge < -0.3 is 4.74 Å². The van der Waals surface area contributed by atoms with Gasteiger partial charge in [-0.1, -0.05) is 46.4 Å². The molecule has 0 aromatic heterocycles. The molecule has 13 nitrogen and oxygen atoms in total. The summed E-state index contributed by atoms with van der Waals surface area (Å²) in [4.78, 5) is 50.6. The van der Waals surface area contributed by atoms with Crippen LogP contribution in [0.25, 0.3) is 0 Å². The van der Waals surface area contributed by atoms with Gasteiger partial charge in [0.1, 0.15) is 21.3 Å². The third-order valence-corrected chi connectivity index (χ3v) is 10.3. The Bertz CT molecular complexity index is 2150. The molecule has 2 heterocycles. The highest BCUT2D eigenvalue weighted by Crippen LogP contribution is 2.35. The van der Waals surface area contributed by atoms with Crippen LogP contribution >= 0.6 is 46.4 Å². The zero-order valence-electron chi connectivity index (χ0n) is 22.6. The molecular weight excluding hydrogens is 746 g/mol. The lowest BCUT2D eigenvalue weighted by molar-refractivity contribution is -0.0107. The number of benzene rings is 4. The van der Waals surface area contributed by atoms with E-state index in [1.54, 1.807) is 0 Å². The summed E-state index contributed by atoms with van der Waals surface area (Å²) in [6.07, 6.45) is 0. The Kier molecular flexibility index (Phi) is 8.30. The van der Waals surface area contributed by atoms with Crippen LogP contribution in [0.4, 0.5) is 0 Å². The van der Waals surface area contributed by atoms with Gasteiger partial charge in [0.15, 0.2) is 0 Å². The second-order valence-electron chi connectivity index (χ2n) is 9.53. The van der Waals surface area contributed by atoms with E-state index >= 15 is 0 Å². The van der Waals surface area contributed by atoms with Crippen LogP contribution in [-0.4, -0.2) is 50.6 Å². The smallest absolute Gasteiger partial charge is 0.319 e. The highest BCUT2D eigenvalue weighted by atomic mass is 35.5. The van der Waals surface area contributed by atoms with Gasteiger partial charge in [0.25, 0.3) is 23.6 Å². The lowest BCUT2D eigenvalue weighted by atomic mass is 10.1. The van der Waals surface area contributed by atoms with Gasteiger partial charge in [-0.2, -0.15) is 16.8 Å². The van der Waals surface area contributed by atoms with Crippen molar-refractivity contribution in [2.75, 3.05) is 0 Å². The minimum Gasteiger partial charge on any atom is -0.457 e. The van der Waals surface area contributed by atoms with Gasteiger partial charge in [-0.15, -0.1) is 18.7 Å². The molecule has 19 heteroatoms. The molecule has 2 aliphatic rings. The Balaban J connectivity index is 1.21. The molecule has 0 spiro atoms. The predicted molar refractivity (Wildman–Crippen MR) is 163 cm³/mol. The monoisotopic (exact) mass is 756 g/mol. The lowest BCUT2D eigenvalue weighted by Crippen LogP contribution is -2.32. The normalized spacial score (nSPS) is 14.6. The predicted octanol–water partition coefficient (Wildman–Crippen LogP) is 5.93. The van der Waals surface area contributed by atoms with E-state index in [4.69, 9.17) is 59.7 Å². The van der Waals surface area contributed by atoms with E-state index < -0.39 is 53.7 Å². The molecule has 4 aromatic carbocycles. The number of ether oxygens (including phenoxy) is 1. The number of nitrogens with zero attached hydrogens (tertiary/aromatic N) is 2. The summed E-state index contributed by atoms with van der Waals surface area (Å²) in [7, 11) is -9.56. The summed E-state index contributed by atoms with van der Waals surface area (Å²) < 4.78 is 66.6. The molecule has 0 aliphatic carbocycles.